The van der Waals surface area contributed by atoms with E-state index in [-0.39, 0.29) is 24.4 Å². The lowest BCUT2D eigenvalue weighted by Crippen LogP contribution is -2.53. The van der Waals surface area contributed by atoms with Gasteiger partial charge >= 0.3 is 0 Å². The molecule has 0 spiro atoms. The second kappa shape index (κ2) is 7.40. The largest absolute Gasteiger partial charge is 0.375 e. The quantitative estimate of drug-likeness (QED) is 0.770. The summed E-state index contributed by atoms with van der Waals surface area (Å²) in [7, 11) is 0. The monoisotopic (exact) mass is 313 g/mol. The Labute approximate surface area is 129 Å². The van der Waals surface area contributed by atoms with Crippen molar-refractivity contribution in [2.24, 2.45) is 5.73 Å². The highest BCUT2D eigenvalue weighted by Crippen LogP contribution is 2.18. The Morgan fingerprint density at radius 2 is 2.14 bits per heavy atom. The summed E-state index contributed by atoms with van der Waals surface area (Å²) in [4.78, 5) is 23.4. The first-order valence-corrected chi connectivity index (χ1v) is 6.55. The molecule has 0 aliphatic carbocycles. The Balaban J connectivity index is 0.00000220. The predicted octanol–water partition coefficient (Wildman–Crippen LogP) is 0.831. The van der Waals surface area contributed by atoms with Crippen LogP contribution in [-0.4, -0.2) is 37.1 Å². The fourth-order valence-electron chi connectivity index (χ4n) is 2.15. The molecule has 116 valence electrons. The maximum atomic E-state index is 12.2. The zero-order valence-corrected chi connectivity index (χ0v) is 12.8. The van der Waals surface area contributed by atoms with Crippen molar-refractivity contribution in [3.8, 4) is 0 Å². The second-order valence-electron chi connectivity index (χ2n) is 4.89. The van der Waals surface area contributed by atoms with Gasteiger partial charge in [-0.25, -0.2) is 0 Å². The molecule has 2 rings (SSSR count). The smallest absolute Gasteiger partial charge is 0.248 e. The number of nitrogens with one attached hydrogen (secondary N) is 2. The van der Waals surface area contributed by atoms with E-state index < -0.39 is 11.9 Å². The number of aryl methyl sites for hydroxylation is 1. The molecule has 1 aromatic carbocycles. The third-order valence-electron chi connectivity index (χ3n) is 3.38. The van der Waals surface area contributed by atoms with Gasteiger partial charge in [0, 0.05) is 17.8 Å². The number of benzene rings is 1. The molecule has 21 heavy (non-hydrogen) atoms. The van der Waals surface area contributed by atoms with Crippen molar-refractivity contribution in [1.29, 1.82) is 0 Å². The third-order valence-corrected chi connectivity index (χ3v) is 3.38. The lowest BCUT2D eigenvalue weighted by atomic mass is 10.1. The standard InChI is InChI=1S/C14H19N3O3.ClH/c1-8-3-4-10(13(15)18)7-11(8)17-14(19)12-9(2)20-6-5-16-12;/h3-4,7,9,12,16H,5-6H2,1-2H3,(H2,15,18)(H,17,19);1H/t9-,12+;/m1./s1. The first-order valence-electron chi connectivity index (χ1n) is 6.55. The molecule has 0 unspecified atom stereocenters. The molecule has 1 aliphatic rings. The number of ether oxygens (including phenoxy) is 1. The van der Waals surface area contributed by atoms with Gasteiger partial charge in [0.05, 0.1) is 12.7 Å². The Kier molecular flexibility index (Phi) is 6.14. The number of hydrogen-bond donors (Lipinski definition) is 3. The average molecular weight is 314 g/mol. The molecule has 0 radical (unpaired) electrons. The van der Waals surface area contributed by atoms with Crippen molar-refractivity contribution in [1.82, 2.24) is 5.32 Å². The molecule has 2 atom stereocenters. The van der Waals surface area contributed by atoms with Gasteiger partial charge < -0.3 is 21.1 Å². The van der Waals surface area contributed by atoms with E-state index in [0.29, 0.717) is 24.4 Å². The number of carbonyl (C=O) groups excluding carboxylic acids is 2. The highest BCUT2D eigenvalue weighted by molar-refractivity contribution is 5.98. The molecule has 6 nitrogen and oxygen atoms in total. The van der Waals surface area contributed by atoms with Crippen LogP contribution in [0.3, 0.4) is 0 Å². The van der Waals surface area contributed by atoms with Crippen LogP contribution in [0.4, 0.5) is 5.69 Å². The molecule has 1 aromatic rings. The van der Waals surface area contributed by atoms with E-state index in [1.165, 1.54) is 0 Å². The molecule has 0 bridgehead atoms. The number of carbonyl (C=O) groups is 2. The van der Waals surface area contributed by atoms with E-state index in [2.05, 4.69) is 10.6 Å². The van der Waals surface area contributed by atoms with Gasteiger partial charge in [-0.2, -0.15) is 0 Å². The normalized spacial score (nSPS) is 21.2. The van der Waals surface area contributed by atoms with Crippen molar-refractivity contribution < 1.29 is 14.3 Å². The zero-order valence-electron chi connectivity index (χ0n) is 12.0. The van der Waals surface area contributed by atoms with Crippen LogP contribution in [0, 0.1) is 6.92 Å². The van der Waals surface area contributed by atoms with E-state index in [9.17, 15) is 9.59 Å². The molecular weight excluding hydrogens is 294 g/mol. The molecule has 1 saturated heterocycles. The number of amides is 2. The van der Waals surface area contributed by atoms with Gasteiger partial charge in [-0.1, -0.05) is 6.07 Å². The molecule has 1 heterocycles. The van der Waals surface area contributed by atoms with Gasteiger partial charge in [0.2, 0.25) is 11.8 Å². The molecule has 0 saturated carbocycles. The minimum atomic E-state index is -0.520. The van der Waals surface area contributed by atoms with E-state index in [4.69, 9.17) is 10.5 Å². The number of morpholine rings is 1. The van der Waals surface area contributed by atoms with E-state index in [1.807, 2.05) is 13.8 Å². The first-order chi connectivity index (χ1) is 9.49. The second-order valence-corrected chi connectivity index (χ2v) is 4.89. The number of anilines is 1. The van der Waals surface area contributed by atoms with Crippen LogP contribution in [0.1, 0.15) is 22.8 Å². The number of rotatable bonds is 3. The molecule has 4 N–H and O–H groups in total. The van der Waals surface area contributed by atoms with Gasteiger partial charge in [0.15, 0.2) is 0 Å². The average Bonchev–Trinajstić information content (AvgIpc) is 2.41. The predicted molar refractivity (Wildman–Crippen MR) is 82.8 cm³/mol. The number of halogens is 1. The van der Waals surface area contributed by atoms with Crippen LogP contribution in [0.15, 0.2) is 18.2 Å². The molecular formula is C14H20ClN3O3. The van der Waals surface area contributed by atoms with Crippen LogP contribution in [0.2, 0.25) is 0 Å². The minimum Gasteiger partial charge on any atom is -0.375 e. The zero-order chi connectivity index (χ0) is 14.7. The fourth-order valence-corrected chi connectivity index (χ4v) is 2.15. The van der Waals surface area contributed by atoms with E-state index in [0.717, 1.165) is 5.56 Å². The summed E-state index contributed by atoms with van der Waals surface area (Å²) >= 11 is 0. The summed E-state index contributed by atoms with van der Waals surface area (Å²) in [6.07, 6.45) is -0.191. The minimum absolute atomic E-state index is 0. The highest BCUT2D eigenvalue weighted by atomic mass is 35.5. The molecule has 1 fully saturated rings. The van der Waals surface area contributed by atoms with Crippen LogP contribution < -0.4 is 16.4 Å². The molecule has 2 amide bonds. The van der Waals surface area contributed by atoms with Crippen molar-refractivity contribution in [3.05, 3.63) is 29.3 Å². The molecule has 7 heteroatoms. The van der Waals surface area contributed by atoms with Gasteiger partial charge in [-0.15, -0.1) is 12.4 Å². The Hall–Kier alpha value is -1.63. The summed E-state index contributed by atoms with van der Waals surface area (Å²) in [6.45, 7) is 4.95. The lowest BCUT2D eigenvalue weighted by Gasteiger charge is -2.29. The summed E-state index contributed by atoms with van der Waals surface area (Å²) < 4.78 is 5.44. The van der Waals surface area contributed by atoms with Gasteiger partial charge in [-0.3, -0.25) is 9.59 Å². The van der Waals surface area contributed by atoms with Crippen molar-refractivity contribution in [3.63, 3.8) is 0 Å². The van der Waals surface area contributed by atoms with Crippen molar-refractivity contribution >= 4 is 29.9 Å². The van der Waals surface area contributed by atoms with E-state index in [1.54, 1.807) is 18.2 Å². The molecule has 0 aromatic heterocycles. The van der Waals surface area contributed by atoms with Crippen LogP contribution in [0.25, 0.3) is 0 Å². The van der Waals surface area contributed by atoms with Gasteiger partial charge in [0.25, 0.3) is 0 Å². The number of nitrogens with two attached hydrogens (primary N) is 1. The Bertz CT molecular complexity index is 536. The van der Waals surface area contributed by atoms with Crippen LogP contribution in [0.5, 0.6) is 0 Å². The fraction of sp³-hybridized carbons (Fsp3) is 0.429. The molecule has 1 aliphatic heterocycles. The third kappa shape index (κ3) is 4.17. The Morgan fingerprint density at radius 3 is 2.76 bits per heavy atom. The highest BCUT2D eigenvalue weighted by Gasteiger charge is 2.28. The summed E-state index contributed by atoms with van der Waals surface area (Å²) in [5, 5.41) is 5.93. The van der Waals surface area contributed by atoms with Crippen molar-refractivity contribution in [2.75, 3.05) is 18.5 Å². The maximum absolute atomic E-state index is 12.2. The number of hydrogen-bond acceptors (Lipinski definition) is 4. The van der Waals surface area contributed by atoms with Gasteiger partial charge in [0.1, 0.15) is 6.04 Å². The topological polar surface area (TPSA) is 93.5 Å². The lowest BCUT2D eigenvalue weighted by molar-refractivity contribution is -0.123. The Morgan fingerprint density at radius 1 is 1.43 bits per heavy atom. The van der Waals surface area contributed by atoms with Gasteiger partial charge in [-0.05, 0) is 31.5 Å². The first kappa shape index (κ1) is 17.4. The SMILES string of the molecule is Cc1ccc(C(N)=O)cc1NC(=O)[C@H]1NCCO[C@@H]1C.Cl. The van der Waals surface area contributed by atoms with Crippen LogP contribution in [-0.2, 0) is 9.53 Å². The maximum Gasteiger partial charge on any atom is 0.248 e. The van der Waals surface area contributed by atoms with Crippen LogP contribution >= 0.6 is 12.4 Å². The summed E-state index contributed by atoms with van der Waals surface area (Å²) in [5.74, 6) is -0.699. The summed E-state index contributed by atoms with van der Waals surface area (Å²) in [6, 6.07) is 4.58. The van der Waals surface area contributed by atoms with Crippen molar-refractivity contribution in [2.45, 2.75) is 26.0 Å². The van der Waals surface area contributed by atoms with E-state index >= 15 is 0 Å². The number of primary amides is 1. The summed E-state index contributed by atoms with van der Waals surface area (Å²) in [5.41, 5.74) is 7.07.